The standard InChI is InChI=1S/C9H9F3N2O4S/c10-9(11,12)7-6(19(17,18)2-1-15)3-5(4-14-7)8(13)16/h3-4,15H,1-2H2,(H2,13,16). The second-order valence-corrected chi connectivity index (χ2v) is 5.55. The van der Waals surface area contributed by atoms with Gasteiger partial charge >= 0.3 is 6.18 Å². The lowest BCUT2D eigenvalue weighted by atomic mass is 10.2. The van der Waals surface area contributed by atoms with Crippen molar-refractivity contribution in [1.82, 2.24) is 4.98 Å². The van der Waals surface area contributed by atoms with Crippen molar-refractivity contribution < 1.29 is 31.5 Å². The number of hydrogen-bond donors (Lipinski definition) is 2. The lowest BCUT2D eigenvalue weighted by Gasteiger charge is -2.12. The summed E-state index contributed by atoms with van der Waals surface area (Å²) in [7, 11) is -4.42. The van der Waals surface area contributed by atoms with Gasteiger partial charge in [0.1, 0.15) is 0 Å². The van der Waals surface area contributed by atoms with Crippen LogP contribution in [0.5, 0.6) is 0 Å². The maximum atomic E-state index is 12.6. The monoisotopic (exact) mass is 298 g/mol. The molecular formula is C9H9F3N2O4S. The minimum atomic E-state index is -5.01. The number of rotatable bonds is 4. The molecule has 0 aliphatic heterocycles. The van der Waals surface area contributed by atoms with Crippen LogP contribution < -0.4 is 5.73 Å². The number of alkyl halides is 3. The van der Waals surface area contributed by atoms with Crippen LogP contribution >= 0.6 is 0 Å². The van der Waals surface area contributed by atoms with Gasteiger partial charge in [-0.15, -0.1) is 0 Å². The predicted octanol–water partition coefficient (Wildman–Crippen LogP) is -0.0347. The molecule has 106 valence electrons. The van der Waals surface area contributed by atoms with E-state index in [1.165, 1.54) is 0 Å². The van der Waals surface area contributed by atoms with Crippen LogP contribution in [-0.4, -0.2) is 36.8 Å². The van der Waals surface area contributed by atoms with Crippen molar-refractivity contribution in [1.29, 1.82) is 0 Å². The van der Waals surface area contributed by atoms with E-state index in [9.17, 15) is 26.4 Å². The molecule has 0 saturated heterocycles. The molecule has 0 radical (unpaired) electrons. The quantitative estimate of drug-likeness (QED) is 0.810. The number of aromatic nitrogens is 1. The summed E-state index contributed by atoms with van der Waals surface area (Å²) in [6, 6.07) is 0.503. The zero-order chi connectivity index (χ0) is 14.8. The molecule has 0 fully saturated rings. The minimum absolute atomic E-state index is 0.468. The van der Waals surface area contributed by atoms with E-state index in [4.69, 9.17) is 10.8 Å². The average molecular weight is 298 g/mol. The number of aliphatic hydroxyl groups is 1. The Kier molecular flexibility index (Phi) is 4.15. The highest BCUT2D eigenvalue weighted by Crippen LogP contribution is 2.33. The highest BCUT2D eigenvalue weighted by atomic mass is 32.2. The van der Waals surface area contributed by atoms with Crippen molar-refractivity contribution in [2.75, 3.05) is 12.4 Å². The number of nitrogens with zero attached hydrogens (tertiary/aromatic N) is 1. The molecule has 1 amide bonds. The number of carbonyl (C=O) groups is 1. The third-order valence-electron chi connectivity index (χ3n) is 2.10. The normalized spacial score (nSPS) is 12.4. The molecule has 1 heterocycles. The summed E-state index contributed by atoms with van der Waals surface area (Å²) in [5.41, 5.74) is 2.74. The topological polar surface area (TPSA) is 110 Å². The summed E-state index contributed by atoms with van der Waals surface area (Å²) in [6.07, 6.45) is -4.46. The Morgan fingerprint density at radius 2 is 2.00 bits per heavy atom. The molecule has 0 unspecified atom stereocenters. The second kappa shape index (κ2) is 5.13. The summed E-state index contributed by atoms with van der Waals surface area (Å²) >= 11 is 0. The zero-order valence-electron chi connectivity index (χ0n) is 9.31. The molecule has 0 atom stereocenters. The van der Waals surface area contributed by atoms with Crippen LogP contribution in [0.15, 0.2) is 17.2 Å². The molecule has 1 rings (SSSR count). The number of nitrogens with two attached hydrogens (primary N) is 1. The highest BCUT2D eigenvalue weighted by molar-refractivity contribution is 7.91. The molecule has 0 saturated carbocycles. The van der Waals surface area contributed by atoms with Gasteiger partial charge in [0, 0.05) is 6.20 Å². The maximum Gasteiger partial charge on any atom is 0.434 e. The summed E-state index contributed by atoms with van der Waals surface area (Å²) in [5, 5.41) is 8.56. The van der Waals surface area contributed by atoms with E-state index >= 15 is 0 Å². The summed E-state index contributed by atoms with van der Waals surface area (Å²) in [6.45, 7) is -0.861. The van der Waals surface area contributed by atoms with E-state index in [2.05, 4.69) is 4.98 Å². The van der Waals surface area contributed by atoms with Crippen LogP contribution in [0.4, 0.5) is 13.2 Å². The molecule has 0 aromatic carbocycles. The van der Waals surface area contributed by atoms with Crippen molar-refractivity contribution >= 4 is 15.7 Å². The fourth-order valence-corrected chi connectivity index (χ4v) is 2.49. The Morgan fingerprint density at radius 1 is 1.42 bits per heavy atom. The smallest absolute Gasteiger partial charge is 0.395 e. The van der Waals surface area contributed by atoms with Crippen molar-refractivity contribution in [3.63, 3.8) is 0 Å². The fraction of sp³-hybridized carbons (Fsp3) is 0.333. The number of primary amides is 1. The molecule has 6 nitrogen and oxygen atoms in total. The first-order chi connectivity index (χ1) is 8.59. The first-order valence-electron chi connectivity index (χ1n) is 4.80. The molecule has 19 heavy (non-hydrogen) atoms. The van der Waals surface area contributed by atoms with Crippen molar-refractivity contribution in [2.45, 2.75) is 11.1 Å². The first kappa shape index (κ1) is 15.4. The first-order valence-corrected chi connectivity index (χ1v) is 6.45. The third-order valence-corrected chi connectivity index (χ3v) is 3.80. The van der Waals surface area contributed by atoms with Gasteiger partial charge in [0.25, 0.3) is 0 Å². The molecule has 10 heteroatoms. The van der Waals surface area contributed by atoms with Gasteiger partial charge in [0.2, 0.25) is 5.91 Å². The lowest BCUT2D eigenvalue weighted by molar-refractivity contribution is -0.143. The molecular weight excluding hydrogens is 289 g/mol. The van der Waals surface area contributed by atoms with Crippen molar-refractivity contribution in [3.8, 4) is 0 Å². The Balaban J connectivity index is 3.56. The number of halogens is 3. The lowest BCUT2D eigenvalue weighted by Crippen LogP contribution is -2.21. The van der Waals surface area contributed by atoms with E-state index in [-0.39, 0.29) is 0 Å². The number of aliphatic hydroxyl groups excluding tert-OH is 1. The minimum Gasteiger partial charge on any atom is -0.395 e. The van der Waals surface area contributed by atoms with Gasteiger partial charge in [-0.3, -0.25) is 4.79 Å². The number of carbonyl (C=O) groups excluding carboxylic acids is 1. The van der Waals surface area contributed by atoms with Crippen molar-refractivity contribution in [2.24, 2.45) is 5.73 Å². The van der Waals surface area contributed by atoms with E-state index in [0.717, 1.165) is 0 Å². The molecule has 0 bridgehead atoms. The van der Waals surface area contributed by atoms with Crippen LogP contribution in [-0.2, 0) is 16.0 Å². The number of hydrogen-bond acceptors (Lipinski definition) is 5. The summed E-state index contributed by atoms with van der Waals surface area (Å²) in [4.78, 5) is 12.6. The van der Waals surface area contributed by atoms with Crippen LogP contribution in [0.25, 0.3) is 0 Å². The van der Waals surface area contributed by atoms with Gasteiger partial charge in [-0.05, 0) is 6.07 Å². The molecule has 1 aromatic heterocycles. The summed E-state index contributed by atoms with van der Waals surface area (Å²) in [5.74, 6) is -2.03. The molecule has 0 aliphatic rings. The fourth-order valence-electron chi connectivity index (χ4n) is 1.26. The Bertz CT molecular complexity index is 598. The third kappa shape index (κ3) is 3.41. The molecule has 0 spiro atoms. The van der Waals surface area contributed by atoms with E-state index < -0.39 is 50.4 Å². The Morgan fingerprint density at radius 3 is 2.42 bits per heavy atom. The van der Waals surface area contributed by atoms with Crippen LogP contribution in [0.2, 0.25) is 0 Å². The van der Waals surface area contributed by atoms with Gasteiger partial charge in [0.15, 0.2) is 15.5 Å². The van der Waals surface area contributed by atoms with Crippen molar-refractivity contribution in [3.05, 3.63) is 23.5 Å². The van der Waals surface area contributed by atoms with Gasteiger partial charge < -0.3 is 10.8 Å². The van der Waals surface area contributed by atoms with Gasteiger partial charge in [-0.1, -0.05) is 0 Å². The van der Waals surface area contributed by atoms with E-state index in [0.29, 0.717) is 12.3 Å². The van der Waals surface area contributed by atoms with Gasteiger partial charge in [0.05, 0.1) is 22.8 Å². The van der Waals surface area contributed by atoms with Crippen LogP contribution in [0.3, 0.4) is 0 Å². The SMILES string of the molecule is NC(=O)c1cnc(C(F)(F)F)c(S(=O)(=O)CCO)c1. The number of amides is 1. The van der Waals surface area contributed by atoms with Crippen LogP contribution in [0.1, 0.15) is 16.1 Å². The van der Waals surface area contributed by atoms with Gasteiger partial charge in [-0.2, -0.15) is 13.2 Å². The molecule has 1 aromatic rings. The molecule has 0 aliphatic carbocycles. The number of pyridine rings is 1. The molecule has 3 N–H and O–H groups in total. The van der Waals surface area contributed by atoms with Crippen LogP contribution in [0, 0.1) is 0 Å². The van der Waals surface area contributed by atoms with E-state index in [1.807, 2.05) is 0 Å². The Labute approximate surface area is 106 Å². The number of sulfone groups is 1. The van der Waals surface area contributed by atoms with Gasteiger partial charge in [-0.25, -0.2) is 13.4 Å². The maximum absolute atomic E-state index is 12.6. The second-order valence-electron chi connectivity index (χ2n) is 3.48. The van der Waals surface area contributed by atoms with E-state index in [1.54, 1.807) is 0 Å². The zero-order valence-corrected chi connectivity index (χ0v) is 10.1. The average Bonchev–Trinajstić information content (AvgIpc) is 2.26. The largest absolute Gasteiger partial charge is 0.434 e. The predicted molar refractivity (Wildman–Crippen MR) is 56.9 cm³/mol. The highest BCUT2D eigenvalue weighted by Gasteiger charge is 2.39. The Hall–Kier alpha value is -1.68. The summed E-state index contributed by atoms with van der Waals surface area (Å²) < 4.78 is 61.2.